The first kappa shape index (κ1) is 12.9. The van der Waals surface area contributed by atoms with Gasteiger partial charge in [-0.15, -0.1) is 0 Å². The normalized spacial score (nSPS) is 20.8. The van der Waals surface area contributed by atoms with E-state index in [9.17, 15) is 0 Å². The summed E-state index contributed by atoms with van der Waals surface area (Å²) in [5.74, 6) is 0. The van der Waals surface area contributed by atoms with Gasteiger partial charge >= 0.3 is 0 Å². The summed E-state index contributed by atoms with van der Waals surface area (Å²) in [4.78, 5) is 4.97. The highest BCUT2D eigenvalue weighted by Crippen LogP contribution is 2.27. The lowest BCUT2D eigenvalue weighted by molar-refractivity contribution is -0.128. The number of nitrogens with zero attached hydrogens (tertiary/aromatic N) is 2. The van der Waals surface area contributed by atoms with Crippen LogP contribution in [0.25, 0.3) is 0 Å². The lowest BCUT2D eigenvalue weighted by Gasteiger charge is -2.54. The summed E-state index contributed by atoms with van der Waals surface area (Å²) in [6, 6.07) is 0. The molecule has 0 bridgehead atoms. The van der Waals surface area contributed by atoms with Crippen LogP contribution in [0.5, 0.6) is 0 Å². The van der Waals surface area contributed by atoms with E-state index in [4.69, 9.17) is 0 Å². The van der Waals surface area contributed by atoms with E-state index >= 15 is 0 Å². The predicted molar refractivity (Wildman–Crippen MR) is 59.6 cm³/mol. The Bertz CT molecular complexity index is 138. The molecule has 2 nitrogen and oxygen atoms in total. The molecule has 13 heavy (non-hydrogen) atoms. The van der Waals surface area contributed by atoms with Crippen LogP contribution in [0.15, 0.2) is 0 Å². The molecule has 1 aliphatic heterocycles. The van der Waals surface area contributed by atoms with E-state index in [0.717, 1.165) is 13.3 Å². The van der Waals surface area contributed by atoms with Crippen LogP contribution in [0.4, 0.5) is 0 Å². The van der Waals surface area contributed by atoms with Crippen LogP contribution in [0.1, 0.15) is 49.0 Å². The summed E-state index contributed by atoms with van der Waals surface area (Å²) in [6.07, 6.45) is 0. The van der Waals surface area contributed by atoms with Crippen molar-refractivity contribution in [1.29, 1.82) is 0 Å². The Morgan fingerprint density at radius 1 is 0.692 bits per heavy atom. The second-order valence-electron chi connectivity index (χ2n) is 5.70. The van der Waals surface area contributed by atoms with Gasteiger partial charge in [0.15, 0.2) is 0 Å². The molecule has 0 spiro atoms. The molecule has 1 rings (SSSR count). The maximum absolute atomic E-state index is 2.48. The molecule has 1 fully saturated rings. The Labute approximate surface area is 83.9 Å². The monoisotopic (exact) mass is 186 g/mol. The Balaban J connectivity index is 0.00000144. The highest BCUT2D eigenvalue weighted by molar-refractivity contribution is 4.88. The Kier molecular flexibility index (Phi) is 3.56. The highest BCUT2D eigenvalue weighted by Gasteiger charge is 2.37. The van der Waals surface area contributed by atoms with E-state index in [1.807, 2.05) is 0 Å². The van der Waals surface area contributed by atoms with Crippen molar-refractivity contribution in [3.05, 3.63) is 0 Å². The maximum Gasteiger partial charge on any atom is 0.0540 e. The molecule has 1 saturated heterocycles. The van der Waals surface area contributed by atoms with Gasteiger partial charge < -0.3 is 0 Å². The highest BCUT2D eigenvalue weighted by atomic mass is 15.5. The average Bonchev–Trinajstić information content (AvgIpc) is 1.46. The van der Waals surface area contributed by atoms with Gasteiger partial charge in [-0.05, 0) is 41.5 Å². The van der Waals surface area contributed by atoms with Gasteiger partial charge in [0.1, 0.15) is 0 Å². The molecular formula is C11H26N2. The maximum atomic E-state index is 2.48. The zero-order valence-corrected chi connectivity index (χ0v) is 9.31. The fraction of sp³-hybridized carbons (Fsp3) is 1.00. The van der Waals surface area contributed by atoms with Crippen molar-refractivity contribution in [1.82, 2.24) is 9.80 Å². The molecular weight excluding hydrogens is 160 g/mol. The number of hydrogen-bond donors (Lipinski definition) is 0. The molecule has 0 amide bonds. The van der Waals surface area contributed by atoms with Gasteiger partial charge in [0.2, 0.25) is 0 Å². The minimum atomic E-state index is 0. The van der Waals surface area contributed by atoms with Crippen LogP contribution in [-0.2, 0) is 0 Å². The van der Waals surface area contributed by atoms with E-state index < -0.39 is 0 Å². The van der Waals surface area contributed by atoms with E-state index in [1.54, 1.807) is 0 Å². The Morgan fingerprint density at radius 3 is 1.08 bits per heavy atom. The summed E-state index contributed by atoms with van der Waals surface area (Å²) >= 11 is 0. The first-order valence-electron chi connectivity index (χ1n) is 4.71. The number of hydrogen-bond acceptors (Lipinski definition) is 2. The third kappa shape index (κ3) is 2.96. The fourth-order valence-electron chi connectivity index (χ4n) is 1.22. The minimum Gasteiger partial charge on any atom is -0.273 e. The van der Waals surface area contributed by atoms with Gasteiger partial charge in [0.05, 0.1) is 13.3 Å². The molecule has 0 N–H and O–H groups in total. The summed E-state index contributed by atoms with van der Waals surface area (Å²) in [5, 5.41) is 0. The van der Waals surface area contributed by atoms with Crippen LogP contribution < -0.4 is 0 Å². The first-order valence-corrected chi connectivity index (χ1v) is 4.71. The van der Waals surface area contributed by atoms with Crippen molar-refractivity contribution in [2.45, 2.75) is 60.0 Å². The van der Waals surface area contributed by atoms with E-state index in [0.29, 0.717) is 11.1 Å². The Morgan fingerprint density at radius 2 is 0.923 bits per heavy atom. The summed E-state index contributed by atoms with van der Waals surface area (Å²) in [7, 11) is 0. The molecule has 1 aliphatic rings. The van der Waals surface area contributed by atoms with Gasteiger partial charge in [0, 0.05) is 11.1 Å². The van der Waals surface area contributed by atoms with Crippen molar-refractivity contribution in [3.63, 3.8) is 0 Å². The predicted octanol–water partition coefficient (Wildman–Crippen LogP) is 2.75. The molecule has 0 aromatic rings. The topological polar surface area (TPSA) is 6.48 Å². The summed E-state index contributed by atoms with van der Waals surface area (Å²) in [6.45, 7) is 15.9. The average molecular weight is 186 g/mol. The van der Waals surface area contributed by atoms with Crippen LogP contribution in [-0.4, -0.2) is 34.2 Å². The molecule has 0 unspecified atom stereocenters. The summed E-state index contributed by atoms with van der Waals surface area (Å²) < 4.78 is 0. The van der Waals surface area contributed by atoms with Gasteiger partial charge in [-0.2, -0.15) is 0 Å². The van der Waals surface area contributed by atoms with Crippen molar-refractivity contribution in [3.8, 4) is 0 Å². The van der Waals surface area contributed by atoms with Crippen LogP contribution in [0.2, 0.25) is 0 Å². The van der Waals surface area contributed by atoms with Gasteiger partial charge in [-0.3, -0.25) is 9.80 Å². The zero-order valence-electron chi connectivity index (χ0n) is 9.31. The van der Waals surface area contributed by atoms with Crippen molar-refractivity contribution in [2.75, 3.05) is 13.3 Å². The smallest absolute Gasteiger partial charge is 0.0540 e. The third-order valence-electron chi connectivity index (χ3n) is 2.58. The van der Waals surface area contributed by atoms with Crippen molar-refractivity contribution >= 4 is 0 Å². The minimum absolute atomic E-state index is 0. The number of rotatable bonds is 0. The second kappa shape index (κ2) is 3.58. The second-order valence-corrected chi connectivity index (χ2v) is 5.70. The van der Waals surface area contributed by atoms with Crippen LogP contribution >= 0.6 is 0 Å². The molecule has 0 aromatic heterocycles. The molecule has 0 atom stereocenters. The van der Waals surface area contributed by atoms with Crippen LogP contribution in [0.3, 0.4) is 0 Å². The first-order chi connectivity index (χ1) is 5.21. The van der Waals surface area contributed by atoms with E-state index in [2.05, 4.69) is 51.3 Å². The lowest BCUT2D eigenvalue weighted by atomic mass is 10.0. The molecule has 1 heterocycles. The molecule has 0 aliphatic carbocycles. The SMILES string of the molecule is C.CC(C)(C)N1CN(C(C)(C)C)C1. The molecule has 0 radical (unpaired) electrons. The van der Waals surface area contributed by atoms with Gasteiger partial charge in [-0.25, -0.2) is 0 Å². The van der Waals surface area contributed by atoms with Gasteiger partial charge in [-0.1, -0.05) is 7.43 Å². The van der Waals surface area contributed by atoms with E-state index in [-0.39, 0.29) is 7.43 Å². The quantitative estimate of drug-likeness (QED) is 0.574. The lowest BCUT2D eigenvalue weighted by Crippen LogP contribution is -2.66. The van der Waals surface area contributed by atoms with Gasteiger partial charge in [0.25, 0.3) is 0 Å². The Hall–Kier alpha value is -0.0800. The zero-order chi connectivity index (χ0) is 9.57. The largest absolute Gasteiger partial charge is 0.273 e. The van der Waals surface area contributed by atoms with Crippen molar-refractivity contribution in [2.24, 2.45) is 0 Å². The van der Waals surface area contributed by atoms with Crippen molar-refractivity contribution < 1.29 is 0 Å². The fourth-order valence-corrected chi connectivity index (χ4v) is 1.22. The summed E-state index contributed by atoms with van der Waals surface area (Å²) in [5.41, 5.74) is 0.670. The molecule has 2 heteroatoms. The molecule has 80 valence electrons. The van der Waals surface area contributed by atoms with E-state index in [1.165, 1.54) is 0 Å². The molecule has 0 aromatic carbocycles. The van der Waals surface area contributed by atoms with Crippen LogP contribution in [0, 0.1) is 0 Å². The third-order valence-corrected chi connectivity index (χ3v) is 2.58. The standard InChI is InChI=1S/C10H22N2.CH4/c1-9(2,3)11-7-12(8-11)10(4,5)6;/h7-8H2,1-6H3;1H4. The molecule has 0 saturated carbocycles.